The minimum atomic E-state index is 0.996. The molecule has 0 aliphatic carbocycles. The van der Waals surface area contributed by atoms with E-state index in [9.17, 15) is 0 Å². The summed E-state index contributed by atoms with van der Waals surface area (Å²) in [7, 11) is 0. The second-order valence-electron chi connectivity index (χ2n) is 5.17. The summed E-state index contributed by atoms with van der Waals surface area (Å²) >= 11 is 0. The Bertz CT molecular complexity index is 683. The van der Waals surface area contributed by atoms with E-state index in [1.807, 2.05) is 6.07 Å². The standard InChI is InChI=1S/C18H20N2/c1-15-14-20(18-11-6-5-10-17(15)18)13-7-12-19-16-8-3-2-4-9-16/h2-6,8-11,14,19H,7,12-13H2,1H3. The van der Waals surface area contributed by atoms with Crippen LogP contribution in [0.2, 0.25) is 0 Å². The summed E-state index contributed by atoms with van der Waals surface area (Å²) in [4.78, 5) is 0. The number of para-hydroxylation sites is 2. The number of benzene rings is 2. The Morgan fingerprint density at radius 2 is 1.70 bits per heavy atom. The zero-order valence-corrected chi connectivity index (χ0v) is 11.8. The van der Waals surface area contributed by atoms with Gasteiger partial charge >= 0.3 is 0 Å². The van der Waals surface area contributed by atoms with Crippen LogP contribution in [-0.2, 0) is 6.54 Å². The first-order chi connectivity index (χ1) is 9.84. The number of aryl methyl sites for hydroxylation is 2. The maximum atomic E-state index is 3.46. The fraction of sp³-hybridized carbons (Fsp3) is 0.222. The van der Waals surface area contributed by atoms with Gasteiger partial charge in [-0.25, -0.2) is 0 Å². The molecule has 0 unspecified atom stereocenters. The van der Waals surface area contributed by atoms with Crippen molar-refractivity contribution in [1.82, 2.24) is 4.57 Å². The minimum absolute atomic E-state index is 0.996. The quantitative estimate of drug-likeness (QED) is 0.674. The van der Waals surface area contributed by atoms with Crippen LogP contribution < -0.4 is 5.32 Å². The first-order valence-corrected chi connectivity index (χ1v) is 7.18. The van der Waals surface area contributed by atoms with Crippen LogP contribution in [0.5, 0.6) is 0 Å². The third-order valence-electron chi connectivity index (χ3n) is 3.67. The first kappa shape index (κ1) is 12.8. The van der Waals surface area contributed by atoms with Crippen molar-refractivity contribution in [3.05, 3.63) is 66.4 Å². The van der Waals surface area contributed by atoms with Gasteiger partial charge < -0.3 is 9.88 Å². The van der Waals surface area contributed by atoms with Crippen molar-refractivity contribution in [3.8, 4) is 0 Å². The molecule has 0 atom stereocenters. The molecule has 102 valence electrons. The molecule has 1 heterocycles. The van der Waals surface area contributed by atoms with Crippen LogP contribution in [0, 0.1) is 6.92 Å². The molecule has 0 saturated heterocycles. The number of nitrogens with zero attached hydrogens (tertiary/aromatic N) is 1. The molecular formula is C18H20N2. The number of anilines is 1. The van der Waals surface area contributed by atoms with Gasteiger partial charge in [-0.05, 0) is 37.1 Å². The average molecular weight is 264 g/mol. The van der Waals surface area contributed by atoms with Gasteiger partial charge in [-0.3, -0.25) is 0 Å². The Balaban J connectivity index is 1.60. The van der Waals surface area contributed by atoms with Gasteiger partial charge in [-0.1, -0.05) is 36.4 Å². The number of fused-ring (bicyclic) bond motifs is 1. The summed E-state index contributed by atoms with van der Waals surface area (Å²) in [6.45, 7) is 4.23. The molecule has 0 amide bonds. The highest BCUT2D eigenvalue weighted by Gasteiger charge is 2.03. The molecule has 0 spiro atoms. The van der Waals surface area contributed by atoms with Crippen LogP contribution in [0.3, 0.4) is 0 Å². The molecule has 2 heteroatoms. The van der Waals surface area contributed by atoms with Crippen LogP contribution >= 0.6 is 0 Å². The third kappa shape index (κ3) is 2.69. The van der Waals surface area contributed by atoms with E-state index >= 15 is 0 Å². The Kier molecular flexibility index (Phi) is 3.73. The van der Waals surface area contributed by atoms with Crippen molar-refractivity contribution in [2.45, 2.75) is 19.9 Å². The van der Waals surface area contributed by atoms with E-state index in [2.05, 4.69) is 71.5 Å². The van der Waals surface area contributed by atoms with Gasteiger partial charge in [0, 0.05) is 35.9 Å². The first-order valence-electron chi connectivity index (χ1n) is 7.18. The van der Waals surface area contributed by atoms with Crippen LogP contribution in [-0.4, -0.2) is 11.1 Å². The molecule has 0 saturated carbocycles. The van der Waals surface area contributed by atoms with Crippen molar-refractivity contribution in [2.75, 3.05) is 11.9 Å². The number of hydrogen-bond acceptors (Lipinski definition) is 1. The summed E-state index contributed by atoms with van der Waals surface area (Å²) in [6, 6.07) is 19.0. The fourth-order valence-corrected chi connectivity index (χ4v) is 2.65. The highest BCUT2D eigenvalue weighted by Crippen LogP contribution is 2.20. The lowest BCUT2D eigenvalue weighted by molar-refractivity contribution is 0.682. The molecule has 1 aromatic heterocycles. The van der Waals surface area contributed by atoms with E-state index < -0.39 is 0 Å². The molecule has 20 heavy (non-hydrogen) atoms. The van der Waals surface area contributed by atoms with Gasteiger partial charge in [0.2, 0.25) is 0 Å². The smallest absolute Gasteiger partial charge is 0.0483 e. The molecule has 1 N–H and O–H groups in total. The zero-order chi connectivity index (χ0) is 13.8. The third-order valence-corrected chi connectivity index (χ3v) is 3.67. The SMILES string of the molecule is Cc1cn(CCCNc2ccccc2)c2ccccc12. The number of rotatable bonds is 5. The Hall–Kier alpha value is -2.22. The molecular weight excluding hydrogens is 244 g/mol. The van der Waals surface area contributed by atoms with Crippen molar-refractivity contribution in [2.24, 2.45) is 0 Å². The molecule has 0 bridgehead atoms. The lowest BCUT2D eigenvalue weighted by Gasteiger charge is -2.08. The molecule has 3 aromatic rings. The molecule has 0 aliphatic rings. The van der Waals surface area contributed by atoms with E-state index in [-0.39, 0.29) is 0 Å². The van der Waals surface area contributed by atoms with Gasteiger partial charge in [0.25, 0.3) is 0 Å². The van der Waals surface area contributed by atoms with E-state index in [1.54, 1.807) is 0 Å². The lowest BCUT2D eigenvalue weighted by atomic mass is 10.2. The van der Waals surface area contributed by atoms with E-state index in [0.29, 0.717) is 0 Å². The van der Waals surface area contributed by atoms with Gasteiger partial charge in [0.1, 0.15) is 0 Å². The Labute approximate surface area is 120 Å². The van der Waals surface area contributed by atoms with Crippen molar-refractivity contribution < 1.29 is 0 Å². The van der Waals surface area contributed by atoms with Gasteiger partial charge in [0.05, 0.1) is 0 Å². The summed E-state index contributed by atoms with van der Waals surface area (Å²) < 4.78 is 2.36. The summed E-state index contributed by atoms with van der Waals surface area (Å²) in [5.74, 6) is 0. The van der Waals surface area contributed by atoms with Gasteiger partial charge in [-0.2, -0.15) is 0 Å². The summed E-state index contributed by atoms with van der Waals surface area (Å²) in [6.07, 6.45) is 3.38. The number of nitrogens with one attached hydrogen (secondary N) is 1. The highest BCUT2D eigenvalue weighted by molar-refractivity contribution is 5.83. The predicted octanol–water partition coefficient (Wildman–Crippen LogP) is 4.45. The zero-order valence-electron chi connectivity index (χ0n) is 11.8. The lowest BCUT2D eigenvalue weighted by Crippen LogP contribution is -2.05. The van der Waals surface area contributed by atoms with Crippen LogP contribution in [0.4, 0.5) is 5.69 Å². The van der Waals surface area contributed by atoms with Crippen LogP contribution in [0.1, 0.15) is 12.0 Å². The summed E-state index contributed by atoms with van der Waals surface area (Å²) in [5, 5.41) is 4.82. The molecule has 0 fully saturated rings. The molecule has 2 nitrogen and oxygen atoms in total. The molecule has 3 rings (SSSR count). The largest absolute Gasteiger partial charge is 0.385 e. The maximum absolute atomic E-state index is 3.46. The van der Waals surface area contributed by atoms with Crippen molar-refractivity contribution in [3.63, 3.8) is 0 Å². The normalized spacial score (nSPS) is 10.8. The van der Waals surface area contributed by atoms with E-state index in [1.165, 1.54) is 22.2 Å². The monoisotopic (exact) mass is 264 g/mol. The van der Waals surface area contributed by atoms with Crippen molar-refractivity contribution in [1.29, 1.82) is 0 Å². The van der Waals surface area contributed by atoms with Crippen LogP contribution in [0.15, 0.2) is 60.8 Å². The highest BCUT2D eigenvalue weighted by atomic mass is 15.0. The Morgan fingerprint density at radius 1 is 0.950 bits per heavy atom. The molecule has 0 aliphatic heterocycles. The fourth-order valence-electron chi connectivity index (χ4n) is 2.65. The predicted molar refractivity (Wildman–Crippen MR) is 86.2 cm³/mol. The maximum Gasteiger partial charge on any atom is 0.0483 e. The second kappa shape index (κ2) is 5.83. The van der Waals surface area contributed by atoms with E-state index in [4.69, 9.17) is 0 Å². The van der Waals surface area contributed by atoms with E-state index in [0.717, 1.165) is 19.5 Å². The van der Waals surface area contributed by atoms with Crippen LogP contribution in [0.25, 0.3) is 10.9 Å². The topological polar surface area (TPSA) is 17.0 Å². The van der Waals surface area contributed by atoms with Crippen molar-refractivity contribution >= 4 is 16.6 Å². The molecule has 0 radical (unpaired) electrons. The summed E-state index contributed by atoms with van der Waals surface area (Å²) in [5.41, 5.74) is 3.89. The molecule has 2 aromatic carbocycles. The van der Waals surface area contributed by atoms with Gasteiger partial charge in [0.15, 0.2) is 0 Å². The number of aromatic nitrogens is 1. The number of hydrogen-bond donors (Lipinski definition) is 1. The van der Waals surface area contributed by atoms with Gasteiger partial charge in [-0.15, -0.1) is 0 Å². The Morgan fingerprint density at radius 3 is 2.55 bits per heavy atom. The average Bonchev–Trinajstić information content (AvgIpc) is 2.82. The second-order valence-corrected chi connectivity index (χ2v) is 5.17. The minimum Gasteiger partial charge on any atom is -0.385 e.